The Hall–Kier alpha value is -2.78. The molecule has 178 valence electrons. The lowest BCUT2D eigenvalue weighted by molar-refractivity contribution is -0.139. The summed E-state index contributed by atoms with van der Waals surface area (Å²) >= 11 is 0. The molecule has 2 aromatic carbocycles. The summed E-state index contributed by atoms with van der Waals surface area (Å²) in [7, 11) is -0.462. The van der Waals surface area contributed by atoms with Crippen molar-refractivity contribution in [2.24, 2.45) is 0 Å². The number of para-hydroxylation sites is 2. The second-order valence-electron chi connectivity index (χ2n) is 8.51. The average molecular weight is 474 g/mol. The number of nitrogens with zero attached hydrogens (tertiary/aromatic N) is 3. The van der Waals surface area contributed by atoms with Gasteiger partial charge in [0.1, 0.15) is 18.1 Å². The Morgan fingerprint density at radius 2 is 1.76 bits per heavy atom. The summed E-state index contributed by atoms with van der Waals surface area (Å²) in [4.78, 5) is 17.3. The molecule has 1 unspecified atom stereocenters. The molecule has 0 N–H and O–H groups in total. The van der Waals surface area contributed by atoms with Gasteiger partial charge in [0.05, 0.1) is 23.7 Å². The number of anilines is 1. The first-order valence-electron chi connectivity index (χ1n) is 11.3. The average Bonchev–Trinajstić information content (AvgIpc) is 2.84. The SMILES string of the molecule is CN(C)S(=O)(=O)c1ccc(OCCN2CC(C(=O)N3CCCCC3)Oc3ccccc32)cc1. The number of benzene rings is 2. The van der Waals surface area contributed by atoms with Crippen LogP contribution in [0, 0.1) is 0 Å². The molecule has 8 nitrogen and oxygen atoms in total. The van der Waals surface area contributed by atoms with Crippen LogP contribution in [0.15, 0.2) is 53.4 Å². The van der Waals surface area contributed by atoms with Gasteiger partial charge in [0.15, 0.2) is 6.10 Å². The molecule has 0 aromatic heterocycles. The molecule has 1 fully saturated rings. The number of sulfonamides is 1. The molecule has 1 atom stereocenters. The van der Waals surface area contributed by atoms with Crippen LogP contribution in [0.4, 0.5) is 5.69 Å². The number of hydrogen-bond acceptors (Lipinski definition) is 6. The van der Waals surface area contributed by atoms with Crippen molar-refractivity contribution in [2.45, 2.75) is 30.3 Å². The number of likely N-dealkylation sites (tertiary alicyclic amines) is 1. The quantitative estimate of drug-likeness (QED) is 0.615. The van der Waals surface area contributed by atoms with E-state index in [1.54, 1.807) is 24.3 Å². The Bertz CT molecular complexity index is 1070. The third kappa shape index (κ3) is 5.25. The lowest BCUT2D eigenvalue weighted by Crippen LogP contribution is -2.52. The van der Waals surface area contributed by atoms with Gasteiger partial charge in [-0.15, -0.1) is 0 Å². The molecule has 0 aliphatic carbocycles. The van der Waals surface area contributed by atoms with E-state index in [-0.39, 0.29) is 10.8 Å². The fraction of sp³-hybridized carbons (Fsp3) is 0.458. The molecule has 1 saturated heterocycles. The zero-order valence-electron chi connectivity index (χ0n) is 19.1. The molecule has 33 heavy (non-hydrogen) atoms. The summed E-state index contributed by atoms with van der Waals surface area (Å²) in [6.45, 7) is 3.02. The predicted octanol–water partition coefficient (Wildman–Crippen LogP) is 2.60. The third-order valence-corrected chi connectivity index (χ3v) is 7.87. The number of hydrogen-bond donors (Lipinski definition) is 0. The van der Waals surface area contributed by atoms with Crippen LogP contribution in [0.25, 0.3) is 0 Å². The highest BCUT2D eigenvalue weighted by Gasteiger charge is 2.33. The molecule has 2 heterocycles. The lowest BCUT2D eigenvalue weighted by Gasteiger charge is -2.38. The predicted molar refractivity (Wildman–Crippen MR) is 126 cm³/mol. The lowest BCUT2D eigenvalue weighted by atomic mass is 10.1. The fourth-order valence-corrected chi connectivity index (χ4v) is 5.06. The number of fused-ring (bicyclic) bond motifs is 1. The van der Waals surface area contributed by atoms with Gasteiger partial charge in [0.2, 0.25) is 10.0 Å². The molecule has 2 aliphatic heterocycles. The van der Waals surface area contributed by atoms with E-state index in [1.165, 1.54) is 24.8 Å². The van der Waals surface area contributed by atoms with Gasteiger partial charge < -0.3 is 19.3 Å². The maximum atomic E-state index is 13.1. The third-order valence-electron chi connectivity index (χ3n) is 6.04. The maximum Gasteiger partial charge on any atom is 0.265 e. The monoisotopic (exact) mass is 473 g/mol. The molecule has 4 rings (SSSR count). The van der Waals surface area contributed by atoms with E-state index in [0.29, 0.717) is 31.2 Å². The molecule has 0 spiro atoms. The highest BCUT2D eigenvalue weighted by molar-refractivity contribution is 7.89. The number of carbonyl (C=O) groups excluding carboxylic acids is 1. The minimum Gasteiger partial charge on any atom is -0.492 e. The van der Waals surface area contributed by atoms with Crippen LogP contribution in [0.5, 0.6) is 11.5 Å². The number of amides is 1. The first-order valence-corrected chi connectivity index (χ1v) is 12.7. The molecule has 0 saturated carbocycles. The van der Waals surface area contributed by atoms with Crippen molar-refractivity contribution in [1.82, 2.24) is 9.21 Å². The van der Waals surface area contributed by atoms with Gasteiger partial charge >= 0.3 is 0 Å². The van der Waals surface area contributed by atoms with E-state index in [0.717, 1.165) is 31.6 Å². The van der Waals surface area contributed by atoms with Crippen molar-refractivity contribution >= 4 is 21.6 Å². The summed E-state index contributed by atoms with van der Waals surface area (Å²) < 4.78 is 37.6. The largest absolute Gasteiger partial charge is 0.492 e. The number of piperidine rings is 1. The number of ether oxygens (including phenoxy) is 2. The summed E-state index contributed by atoms with van der Waals surface area (Å²) in [5.74, 6) is 1.35. The number of carbonyl (C=O) groups is 1. The van der Waals surface area contributed by atoms with Gasteiger partial charge in [-0.2, -0.15) is 0 Å². The van der Waals surface area contributed by atoms with Crippen LogP contribution < -0.4 is 14.4 Å². The van der Waals surface area contributed by atoms with Gasteiger partial charge in [-0.25, -0.2) is 12.7 Å². The van der Waals surface area contributed by atoms with Crippen LogP contribution >= 0.6 is 0 Å². The Kier molecular flexibility index (Phi) is 7.09. The normalized spacial score (nSPS) is 18.6. The fourth-order valence-electron chi connectivity index (χ4n) is 4.16. The minimum absolute atomic E-state index is 0.0489. The van der Waals surface area contributed by atoms with E-state index < -0.39 is 16.1 Å². The van der Waals surface area contributed by atoms with Crippen molar-refractivity contribution in [1.29, 1.82) is 0 Å². The molecule has 0 radical (unpaired) electrons. The van der Waals surface area contributed by atoms with Crippen molar-refractivity contribution in [3.8, 4) is 11.5 Å². The molecular formula is C24H31N3O5S. The second-order valence-corrected chi connectivity index (χ2v) is 10.7. The molecule has 1 amide bonds. The van der Waals surface area contributed by atoms with Gasteiger partial charge in [-0.1, -0.05) is 12.1 Å². The van der Waals surface area contributed by atoms with Gasteiger partial charge in [0, 0.05) is 27.2 Å². The maximum absolute atomic E-state index is 13.1. The van der Waals surface area contributed by atoms with Gasteiger partial charge in [-0.3, -0.25) is 4.79 Å². The summed E-state index contributed by atoms with van der Waals surface area (Å²) in [5.41, 5.74) is 0.941. The summed E-state index contributed by atoms with van der Waals surface area (Å²) in [6.07, 6.45) is 2.72. The van der Waals surface area contributed by atoms with Crippen molar-refractivity contribution < 1.29 is 22.7 Å². The smallest absolute Gasteiger partial charge is 0.265 e. The Morgan fingerprint density at radius 1 is 1.06 bits per heavy atom. The van der Waals surface area contributed by atoms with Crippen LogP contribution in [0.3, 0.4) is 0 Å². The standard InChI is InChI=1S/C24H31N3O5S/c1-25(2)33(29,30)20-12-10-19(11-13-20)31-17-16-27-18-23(24(28)26-14-6-3-7-15-26)32-22-9-5-4-8-21(22)27/h4-5,8-13,23H,3,6-7,14-18H2,1-2H3. The first-order chi connectivity index (χ1) is 15.9. The Morgan fingerprint density at radius 3 is 2.45 bits per heavy atom. The Labute approximate surface area is 195 Å². The second kappa shape index (κ2) is 10.0. The van der Waals surface area contributed by atoms with E-state index in [2.05, 4.69) is 4.90 Å². The highest BCUT2D eigenvalue weighted by Crippen LogP contribution is 2.33. The Balaban J connectivity index is 1.40. The molecule has 2 aromatic rings. The van der Waals surface area contributed by atoms with Crippen molar-refractivity contribution in [3.63, 3.8) is 0 Å². The summed E-state index contributed by atoms with van der Waals surface area (Å²) in [5, 5.41) is 0. The first kappa shape index (κ1) is 23.4. The molecule has 9 heteroatoms. The van der Waals surface area contributed by atoms with Crippen LogP contribution in [-0.2, 0) is 14.8 Å². The zero-order chi connectivity index (χ0) is 23.4. The van der Waals surface area contributed by atoms with Crippen LogP contribution in [0.2, 0.25) is 0 Å². The molecule has 0 bridgehead atoms. The minimum atomic E-state index is -3.47. The van der Waals surface area contributed by atoms with Crippen molar-refractivity contribution in [3.05, 3.63) is 48.5 Å². The van der Waals surface area contributed by atoms with E-state index in [4.69, 9.17) is 9.47 Å². The van der Waals surface area contributed by atoms with E-state index >= 15 is 0 Å². The van der Waals surface area contributed by atoms with E-state index in [9.17, 15) is 13.2 Å². The van der Waals surface area contributed by atoms with Gasteiger partial charge in [-0.05, 0) is 55.7 Å². The molecular weight excluding hydrogens is 442 g/mol. The zero-order valence-corrected chi connectivity index (χ0v) is 20.0. The van der Waals surface area contributed by atoms with E-state index in [1.807, 2.05) is 29.2 Å². The highest BCUT2D eigenvalue weighted by atomic mass is 32.2. The topological polar surface area (TPSA) is 79.4 Å². The van der Waals surface area contributed by atoms with Gasteiger partial charge in [0.25, 0.3) is 5.91 Å². The van der Waals surface area contributed by atoms with Crippen molar-refractivity contribution in [2.75, 3.05) is 51.8 Å². The summed E-state index contributed by atoms with van der Waals surface area (Å²) in [6, 6.07) is 14.1. The molecule has 2 aliphatic rings. The van der Waals surface area contributed by atoms with Crippen LogP contribution in [0.1, 0.15) is 19.3 Å². The number of rotatable bonds is 7. The van der Waals surface area contributed by atoms with Crippen LogP contribution in [-0.4, -0.2) is 76.5 Å².